The number of urea groups is 1. The standard InChI is InChI=1S/C29H38F3N7O/c1-27(2,3)12-14-39-24-10-9-22(34-28(24,4)36(5)26(39)40)19-15-18(7-8-21(19)33)16-38-13-11-23-20(17-38)25(29(30,31)32)35-37(23)6/h7-10,15,24H,11-14,16-17,33H2,1-6H3. The number of nitrogens with zero attached hydrogens (tertiary/aromatic N) is 6. The maximum Gasteiger partial charge on any atom is 0.435 e. The largest absolute Gasteiger partial charge is 0.435 e. The summed E-state index contributed by atoms with van der Waals surface area (Å²) in [6.07, 6.45) is 0.847. The van der Waals surface area contributed by atoms with Crippen LogP contribution in [-0.2, 0) is 32.7 Å². The van der Waals surface area contributed by atoms with Crippen LogP contribution in [0.2, 0.25) is 0 Å². The van der Waals surface area contributed by atoms with Crippen LogP contribution in [0.25, 0.3) is 0 Å². The minimum absolute atomic E-state index is 0.0498. The third kappa shape index (κ3) is 5.00. The number of hydrogen-bond acceptors (Lipinski definition) is 5. The molecular formula is C29H38F3N7O. The summed E-state index contributed by atoms with van der Waals surface area (Å²) in [5.74, 6) is 0. The topological polar surface area (TPSA) is 83.0 Å². The van der Waals surface area contributed by atoms with Crippen molar-refractivity contribution in [3.8, 4) is 0 Å². The lowest BCUT2D eigenvalue weighted by Gasteiger charge is -2.35. The van der Waals surface area contributed by atoms with E-state index in [-0.39, 0.29) is 29.6 Å². The summed E-state index contributed by atoms with van der Waals surface area (Å²) in [4.78, 5) is 23.8. The molecule has 5 rings (SSSR count). The fourth-order valence-corrected chi connectivity index (χ4v) is 5.92. The number of alkyl halides is 3. The van der Waals surface area contributed by atoms with Crippen LogP contribution in [0.15, 0.2) is 35.3 Å². The van der Waals surface area contributed by atoms with Gasteiger partial charge in [0, 0.05) is 69.2 Å². The van der Waals surface area contributed by atoms with Gasteiger partial charge in [0.05, 0.1) is 11.8 Å². The smallest absolute Gasteiger partial charge is 0.398 e. The Morgan fingerprint density at radius 1 is 1.18 bits per heavy atom. The summed E-state index contributed by atoms with van der Waals surface area (Å²) in [5.41, 5.74) is 8.71. The van der Waals surface area contributed by atoms with E-state index < -0.39 is 17.5 Å². The van der Waals surface area contributed by atoms with Gasteiger partial charge in [0.1, 0.15) is 0 Å². The molecule has 1 aromatic carbocycles. The number of benzene rings is 1. The predicted octanol–water partition coefficient (Wildman–Crippen LogP) is 4.83. The second kappa shape index (κ2) is 9.64. The highest BCUT2D eigenvalue weighted by Crippen LogP contribution is 2.39. The van der Waals surface area contributed by atoms with E-state index >= 15 is 0 Å². The van der Waals surface area contributed by atoms with Gasteiger partial charge >= 0.3 is 12.2 Å². The molecule has 216 valence electrons. The van der Waals surface area contributed by atoms with E-state index in [1.807, 2.05) is 47.1 Å². The average Bonchev–Trinajstić information content (AvgIpc) is 3.29. The summed E-state index contributed by atoms with van der Waals surface area (Å²) in [5, 5.41) is 3.76. The van der Waals surface area contributed by atoms with Gasteiger partial charge < -0.3 is 15.5 Å². The molecule has 0 radical (unpaired) electrons. The molecule has 1 saturated heterocycles. The molecule has 0 saturated carbocycles. The van der Waals surface area contributed by atoms with Crippen molar-refractivity contribution >= 4 is 17.4 Å². The van der Waals surface area contributed by atoms with Gasteiger partial charge in [-0.2, -0.15) is 18.3 Å². The summed E-state index contributed by atoms with van der Waals surface area (Å²) < 4.78 is 42.1. The number of nitrogen functional groups attached to an aromatic ring is 1. The molecule has 2 N–H and O–H groups in total. The monoisotopic (exact) mass is 557 g/mol. The zero-order chi connectivity index (χ0) is 29.2. The summed E-state index contributed by atoms with van der Waals surface area (Å²) in [6.45, 7) is 10.4. The van der Waals surface area contributed by atoms with Crippen molar-refractivity contribution in [3.05, 3.63) is 58.4 Å². The van der Waals surface area contributed by atoms with Crippen LogP contribution in [0.1, 0.15) is 62.2 Å². The molecule has 40 heavy (non-hydrogen) atoms. The number of anilines is 1. The van der Waals surface area contributed by atoms with E-state index in [0.717, 1.165) is 17.5 Å². The first-order valence-corrected chi connectivity index (χ1v) is 13.6. The van der Waals surface area contributed by atoms with Gasteiger partial charge in [-0.3, -0.25) is 14.6 Å². The molecular weight excluding hydrogens is 519 g/mol. The lowest BCUT2D eigenvalue weighted by molar-refractivity contribution is -0.142. The third-order valence-electron chi connectivity index (χ3n) is 8.38. The fourth-order valence-electron chi connectivity index (χ4n) is 5.92. The van der Waals surface area contributed by atoms with Gasteiger partial charge in [-0.1, -0.05) is 32.9 Å². The van der Waals surface area contributed by atoms with Crippen molar-refractivity contribution in [2.24, 2.45) is 17.5 Å². The molecule has 2 unspecified atom stereocenters. The van der Waals surface area contributed by atoms with Crippen LogP contribution in [0.3, 0.4) is 0 Å². The maximum absolute atomic E-state index is 13.6. The van der Waals surface area contributed by atoms with Gasteiger partial charge in [-0.15, -0.1) is 0 Å². The molecule has 11 heteroatoms. The average molecular weight is 558 g/mol. The van der Waals surface area contributed by atoms with E-state index in [1.165, 1.54) is 4.68 Å². The van der Waals surface area contributed by atoms with Crippen LogP contribution >= 0.6 is 0 Å². The second-order valence-electron chi connectivity index (χ2n) is 12.5. The number of nitrogens with two attached hydrogens (primary N) is 1. The van der Waals surface area contributed by atoms with Gasteiger partial charge in [0.15, 0.2) is 11.4 Å². The molecule has 2 atom stereocenters. The first kappa shape index (κ1) is 28.2. The van der Waals surface area contributed by atoms with Gasteiger partial charge in [-0.05, 0) is 42.5 Å². The quantitative estimate of drug-likeness (QED) is 0.534. The number of fused-ring (bicyclic) bond motifs is 2. The Labute approximate surface area is 233 Å². The highest BCUT2D eigenvalue weighted by atomic mass is 19.4. The molecule has 0 spiro atoms. The summed E-state index contributed by atoms with van der Waals surface area (Å²) in [6, 6.07) is 5.44. The highest BCUT2D eigenvalue weighted by molar-refractivity contribution is 6.13. The number of halogens is 3. The van der Waals surface area contributed by atoms with Crippen LogP contribution in [0.5, 0.6) is 0 Å². The number of rotatable bonds is 5. The number of carbonyl (C=O) groups excluding carboxylic acids is 1. The van der Waals surface area contributed by atoms with Crippen molar-refractivity contribution in [1.29, 1.82) is 0 Å². The van der Waals surface area contributed by atoms with Crippen LogP contribution in [0.4, 0.5) is 23.7 Å². The first-order valence-electron chi connectivity index (χ1n) is 13.6. The zero-order valence-electron chi connectivity index (χ0n) is 24.0. The van der Waals surface area contributed by atoms with Crippen LogP contribution in [0, 0.1) is 5.41 Å². The maximum atomic E-state index is 13.6. The van der Waals surface area contributed by atoms with Crippen molar-refractivity contribution < 1.29 is 18.0 Å². The molecule has 8 nitrogen and oxygen atoms in total. The van der Waals surface area contributed by atoms with Crippen molar-refractivity contribution in [3.63, 3.8) is 0 Å². The molecule has 0 aliphatic carbocycles. The number of aryl methyl sites for hydroxylation is 1. The Hall–Kier alpha value is -3.34. The minimum atomic E-state index is -4.49. The van der Waals surface area contributed by atoms with E-state index in [2.05, 4.69) is 25.9 Å². The highest BCUT2D eigenvalue weighted by Gasteiger charge is 2.53. The van der Waals surface area contributed by atoms with Crippen molar-refractivity contribution in [1.82, 2.24) is 24.5 Å². The van der Waals surface area contributed by atoms with E-state index in [9.17, 15) is 18.0 Å². The number of aromatic nitrogens is 2. The Morgan fingerprint density at radius 2 is 1.90 bits per heavy atom. The Morgan fingerprint density at radius 3 is 2.58 bits per heavy atom. The van der Waals surface area contributed by atoms with Gasteiger partial charge in [0.2, 0.25) is 0 Å². The number of aliphatic imine (C=N–C) groups is 1. The Kier molecular flexibility index (Phi) is 6.80. The predicted molar refractivity (Wildman–Crippen MR) is 149 cm³/mol. The minimum Gasteiger partial charge on any atom is -0.398 e. The third-order valence-corrected chi connectivity index (χ3v) is 8.38. The molecule has 2 aromatic rings. The molecule has 3 aliphatic rings. The SMILES string of the molecule is CN1C(=O)N(CCC(C)(C)C)C2C=CC(c3cc(CN4CCc5c(c(C(F)(F)F)nn5C)C4)ccc3N)=NC21C. The van der Waals surface area contributed by atoms with E-state index in [0.29, 0.717) is 43.1 Å². The molecule has 1 aromatic heterocycles. The summed E-state index contributed by atoms with van der Waals surface area (Å²) >= 11 is 0. The number of carbonyl (C=O) groups is 1. The first-order chi connectivity index (χ1) is 18.6. The number of likely N-dealkylation sites (N-methyl/N-ethyl adjacent to an activating group) is 1. The second-order valence-corrected chi connectivity index (χ2v) is 12.5. The molecule has 4 heterocycles. The number of dihydropyridines is 1. The van der Waals surface area contributed by atoms with E-state index in [1.54, 1.807) is 19.0 Å². The van der Waals surface area contributed by atoms with Crippen LogP contribution < -0.4 is 5.73 Å². The Bertz CT molecular complexity index is 1390. The number of amides is 2. The van der Waals surface area contributed by atoms with E-state index in [4.69, 9.17) is 10.7 Å². The molecule has 3 aliphatic heterocycles. The number of hydrogen-bond donors (Lipinski definition) is 1. The fraction of sp³-hybridized carbons (Fsp3) is 0.552. The van der Waals surface area contributed by atoms with Gasteiger partial charge in [-0.25, -0.2) is 4.79 Å². The Balaban J connectivity index is 1.38. The lowest BCUT2D eigenvalue weighted by atomic mass is 9.91. The lowest BCUT2D eigenvalue weighted by Crippen LogP contribution is -2.48. The molecule has 1 fully saturated rings. The normalized spacial score (nSPS) is 23.5. The zero-order valence-corrected chi connectivity index (χ0v) is 24.0. The molecule has 2 amide bonds. The van der Waals surface area contributed by atoms with Crippen LogP contribution in [-0.4, -0.2) is 68.1 Å². The number of allylic oxidation sites excluding steroid dienone is 1. The molecule has 0 bridgehead atoms. The van der Waals surface area contributed by atoms with Crippen molar-refractivity contribution in [2.45, 2.75) is 71.5 Å². The van der Waals surface area contributed by atoms with Gasteiger partial charge in [0.25, 0.3) is 0 Å². The summed E-state index contributed by atoms with van der Waals surface area (Å²) in [7, 11) is 3.35. The van der Waals surface area contributed by atoms with Crippen molar-refractivity contribution in [2.75, 3.05) is 25.9 Å².